The van der Waals surface area contributed by atoms with Gasteiger partial charge in [0.2, 0.25) is 0 Å². The van der Waals surface area contributed by atoms with E-state index < -0.39 is 0 Å². The van der Waals surface area contributed by atoms with Crippen LogP contribution in [0.5, 0.6) is 11.5 Å². The monoisotopic (exact) mass is 475 g/mol. The molecule has 2 aromatic rings. The summed E-state index contributed by atoms with van der Waals surface area (Å²) in [5.41, 5.74) is 3.90. The molecule has 0 aliphatic carbocycles. The molecule has 4 nitrogen and oxygen atoms in total. The first kappa shape index (κ1) is 23.7. The van der Waals surface area contributed by atoms with Crippen LogP contribution in [0.3, 0.4) is 0 Å². The average Bonchev–Trinajstić information content (AvgIpc) is 2.69. The Morgan fingerprint density at radius 1 is 1.00 bits per heavy atom. The van der Waals surface area contributed by atoms with Gasteiger partial charge in [-0.25, -0.2) is 0 Å². The number of halogens is 4. The van der Waals surface area contributed by atoms with Crippen molar-refractivity contribution in [2.24, 2.45) is 0 Å². The lowest BCUT2D eigenvalue weighted by atomic mass is 10.2. The maximum Gasteiger partial charge on any atom is 0.156 e. The van der Waals surface area contributed by atoms with E-state index in [9.17, 15) is 0 Å². The number of hydrogen-bond donors (Lipinski definition) is 1. The molecule has 0 fully saturated rings. The molecule has 0 atom stereocenters. The Kier molecular flexibility index (Phi) is 11.1. The van der Waals surface area contributed by atoms with Gasteiger partial charge in [-0.1, -0.05) is 82.8 Å². The second-order valence-electron chi connectivity index (χ2n) is 5.81. The summed E-state index contributed by atoms with van der Waals surface area (Å²) in [6, 6.07) is 13.2. The van der Waals surface area contributed by atoms with E-state index >= 15 is 0 Å². The fourth-order valence-electron chi connectivity index (χ4n) is 2.21. The normalized spacial score (nSPS) is 10.8. The Morgan fingerprint density at radius 3 is 2.41 bits per heavy atom. The van der Waals surface area contributed by atoms with Crippen LogP contribution in [0.1, 0.15) is 18.4 Å². The highest BCUT2D eigenvalue weighted by Gasteiger charge is 2.10. The number of rotatable bonds is 12. The minimum absolute atomic E-state index is 0.133. The Labute approximate surface area is 190 Å². The third kappa shape index (κ3) is 9.66. The molecule has 29 heavy (non-hydrogen) atoms. The third-order valence-corrected chi connectivity index (χ3v) is 4.44. The zero-order chi connectivity index (χ0) is 20.9. The minimum Gasteiger partial charge on any atom is -0.490 e. The smallest absolute Gasteiger partial charge is 0.156 e. The first-order valence-electron chi connectivity index (χ1n) is 8.88. The topological polar surface area (TPSA) is 39.7 Å². The predicted molar refractivity (Wildman–Crippen MR) is 120 cm³/mol. The lowest BCUT2D eigenvalue weighted by molar-refractivity contribution is 0.0574. The van der Waals surface area contributed by atoms with Crippen molar-refractivity contribution in [2.75, 3.05) is 13.2 Å². The van der Waals surface area contributed by atoms with Gasteiger partial charge in [-0.2, -0.15) is 0 Å². The fourth-order valence-corrected chi connectivity index (χ4v) is 2.92. The summed E-state index contributed by atoms with van der Waals surface area (Å²) in [4.78, 5) is 5.35. The minimum atomic E-state index is 0.133. The maximum absolute atomic E-state index is 6.23. The van der Waals surface area contributed by atoms with Gasteiger partial charge in [-0.05, 0) is 24.5 Å². The molecule has 0 bridgehead atoms. The van der Waals surface area contributed by atoms with E-state index in [-0.39, 0.29) is 11.1 Å². The van der Waals surface area contributed by atoms with Gasteiger partial charge < -0.3 is 9.47 Å². The average molecular weight is 477 g/mol. The molecule has 0 unspecified atom stereocenters. The summed E-state index contributed by atoms with van der Waals surface area (Å²) < 4.78 is 11.3. The van der Waals surface area contributed by atoms with Crippen LogP contribution in [0.25, 0.3) is 0 Å². The van der Waals surface area contributed by atoms with Gasteiger partial charge in [-0.15, -0.1) is 0 Å². The van der Waals surface area contributed by atoms with Crippen LogP contribution in [0.15, 0.2) is 65.3 Å². The summed E-state index contributed by atoms with van der Waals surface area (Å²) in [6.45, 7) is 1.18. The largest absolute Gasteiger partial charge is 0.490 e. The first-order chi connectivity index (χ1) is 14.1. The van der Waals surface area contributed by atoms with Gasteiger partial charge in [-0.3, -0.25) is 10.3 Å². The van der Waals surface area contributed by atoms with Gasteiger partial charge in [0.05, 0.1) is 23.3 Å². The lowest BCUT2D eigenvalue weighted by Crippen LogP contribution is -2.06. The molecule has 0 radical (unpaired) electrons. The summed E-state index contributed by atoms with van der Waals surface area (Å²) in [5, 5.41) is 0.750. The van der Waals surface area contributed by atoms with Crippen LogP contribution in [0.2, 0.25) is 10.0 Å². The van der Waals surface area contributed by atoms with E-state index in [1.807, 2.05) is 36.4 Å². The van der Waals surface area contributed by atoms with Gasteiger partial charge in [0.1, 0.15) is 16.8 Å². The van der Waals surface area contributed by atoms with E-state index in [1.54, 1.807) is 18.3 Å². The number of hydrogen-bond acceptors (Lipinski definition) is 4. The van der Waals surface area contributed by atoms with Crippen molar-refractivity contribution in [2.45, 2.75) is 19.4 Å². The summed E-state index contributed by atoms with van der Waals surface area (Å²) in [5.74, 6) is 0.933. The second-order valence-corrected chi connectivity index (χ2v) is 7.63. The van der Waals surface area contributed by atoms with Crippen LogP contribution in [-0.2, 0) is 11.4 Å². The molecular formula is C21H21Cl4NO3. The van der Waals surface area contributed by atoms with Crippen LogP contribution in [0, 0.1) is 0 Å². The standard InChI is InChI=1S/C21H21Cl4NO3/c22-18-13-17(27-12-9-20(24)25)14-19(23)21(18)28-11-6-2-5-10-26-29-15-16-7-3-1-4-8-16/h1,3-5,7-10,13-14,26H,2,6,11-12,15H2. The highest BCUT2D eigenvalue weighted by molar-refractivity contribution is 6.55. The highest BCUT2D eigenvalue weighted by atomic mass is 35.5. The number of hydroxylamine groups is 1. The molecule has 1 N–H and O–H groups in total. The summed E-state index contributed by atoms with van der Waals surface area (Å²) >= 11 is 23.5. The van der Waals surface area contributed by atoms with Crippen LogP contribution >= 0.6 is 46.4 Å². The molecule has 156 valence electrons. The van der Waals surface area contributed by atoms with Crippen molar-refractivity contribution in [3.05, 3.63) is 80.9 Å². The molecule has 0 aliphatic heterocycles. The van der Waals surface area contributed by atoms with Crippen molar-refractivity contribution >= 4 is 46.4 Å². The quantitative estimate of drug-likeness (QED) is 0.262. The molecule has 0 aliphatic rings. The molecule has 0 saturated heterocycles. The number of ether oxygens (including phenoxy) is 2. The molecule has 0 spiro atoms. The van der Waals surface area contributed by atoms with Crippen molar-refractivity contribution in [3.63, 3.8) is 0 Å². The van der Waals surface area contributed by atoms with Gasteiger partial charge in [0.15, 0.2) is 5.75 Å². The maximum atomic E-state index is 6.23. The van der Waals surface area contributed by atoms with E-state index in [0.717, 1.165) is 18.4 Å². The van der Waals surface area contributed by atoms with Crippen molar-refractivity contribution in [1.82, 2.24) is 5.48 Å². The van der Waals surface area contributed by atoms with Crippen molar-refractivity contribution in [1.29, 1.82) is 0 Å². The number of allylic oxidation sites excluding steroid dienone is 1. The third-order valence-electron chi connectivity index (χ3n) is 3.57. The van der Waals surface area contributed by atoms with Gasteiger partial charge in [0, 0.05) is 18.3 Å². The molecule has 0 heterocycles. The summed E-state index contributed by atoms with van der Waals surface area (Å²) in [6.07, 6.45) is 6.84. The van der Waals surface area contributed by atoms with Crippen molar-refractivity contribution < 1.29 is 14.3 Å². The van der Waals surface area contributed by atoms with E-state index in [1.165, 1.54) is 6.08 Å². The van der Waals surface area contributed by atoms with Crippen LogP contribution in [0.4, 0.5) is 0 Å². The van der Waals surface area contributed by atoms with E-state index in [0.29, 0.717) is 34.8 Å². The van der Waals surface area contributed by atoms with E-state index in [4.69, 9.17) is 60.7 Å². The molecule has 0 amide bonds. The van der Waals surface area contributed by atoms with Gasteiger partial charge in [0.25, 0.3) is 0 Å². The Bertz CT molecular complexity index is 786. The molecule has 2 rings (SSSR count). The zero-order valence-electron chi connectivity index (χ0n) is 15.5. The lowest BCUT2D eigenvalue weighted by Gasteiger charge is -2.12. The number of unbranched alkanes of at least 4 members (excludes halogenated alkanes) is 1. The fraction of sp³-hybridized carbons (Fsp3) is 0.238. The van der Waals surface area contributed by atoms with E-state index in [2.05, 4.69) is 5.48 Å². The molecule has 0 aromatic heterocycles. The molecule has 2 aromatic carbocycles. The highest BCUT2D eigenvalue weighted by Crippen LogP contribution is 2.37. The SMILES string of the molecule is ClC(Cl)=CCOc1cc(Cl)c(OCCCC=CNOCc2ccccc2)c(Cl)c1. The zero-order valence-corrected chi connectivity index (χ0v) is 18.6. The number of nitrogens with one attached hydrogen (secondary N) is 1. The first-order valence-corrected chi connectivity index (χ1v) is 10.4. The summed E-state index contributed by atoms with van der Waals surface area (Å²) in [7, 11) is 0. The predicted octanol–water partition coefficient (Wildman–Crippen LogP) is 7.09. The Hall–Kier alpha value is -1.56. The molecule has 8 heteroatoms. The van der Waals surface area contributed by atoms with Crippen molar-refractivity contribution in [3.8, 4) is 11.5 Å². The van der Waals surface area contributed by atoms with Crippen LogP contribution in [-0.4, -0.2) is 13.2 Å². The number of benzene rings is 2. The Balaban J connectivity index is 1.64. The van der Waals surface area contributed by atoms with Gasteiger partial charge >= 0.3 is 0 Å². The second kappa shape index (κ2) is 13.6. The molecule has 0 saturated carbocycles. The Morgan fingerprint density at radius 2 is 1.72 bits per heavy atom. The van der Waals surface area contributed by atoms with Crippen LogP contribution < -0.4 is 15.0 Å². The molecular weight excluding hydrogens is 456 g/mol.